The number of nitrogens with zero attached hydrogens (tertiary/aromatic N) is 3. The second-order valence-corrected chi connectivity index (χ2v) is 10.2. The molecule has 13 heteroatoms. The van der Waals surface area contributed by atoms with Gasteiger partial charge in [-0.2, -0.15) is 5.06 Å². The number of aromatic nitrogens is 1. The van der Waals surface area contributed by atoms with E-state index in [0.717, 1.165) is 12.3 Å². The van der Waals surface area contributed by atoms with Crippen molar-refractivity contribution < 1.29 is 33.4 Å². The highest BCUT2D eigenvalue weighted by molar-refractivity contribution is 6.30. The third-order valence-corrected chi connectivity index (χ3v) is 8.18. The van der Waals surface area contributed by atoms with Gasteiger partial charge in [0.25, 0.3) is 11.8 Å². The second-order valence-electron chi connectivity index (χ2n) is 9.84. The lowest BCUT2D eigenvalue weighted by Gasteiger charge is -2.43. The average molecular weight is 539 g/mol. The summed E-state index contributed by atoms with van der Waals surface area (Å²) in [5.74, 6) is -4.47. The molecule has 3 aliphatic heterocycles. The number of hydrogen-bond donors (Lipinski definition) is 3. The summed E-state index contributed by atoms with van der Waals surface area (Å²) < 4.78 is 29.6. The van der Waals surface area contributed by atoms with Crippen LogP contribution < -0.4 is 11.2 Å². The molecule has 3 aliphatic rings. The molecule has 4 N–H and O–H groups in total. The topological polar surface area (TPSA) is 138 Å². The number of fused-ring (bicyclic) bond motifs is 5. The van der Waals surface area contributed by atoms with E-state index in [1.165, 1.54) is 20.6 Å². The molecule has 10 nitrogen and oxygen atoms in total. The number of pyridine rings is 1. The molecule has 0 radical (unpaired) electrons. The van der Waals surface area contributed by atoms with Gasteiger partial charge in [0.1, 0.15) is 33.9 Å². The van der Waals surface area contributed by atoms with Gasteiger partial charge in [0.05, 0.1) is 18.6 Å². The highest BCUT2D eigenvalue weighted by Gasteiger charge is 2.61. The van der Waals surface area contributed by atoms with Crippen LogP contribution in [0.1, 0.15) is 59.1 Å². The van der Waals surface area contributed by atoms with Crippen LogP contribution in [0, 0.1) is 11.6 Å². The second kappa shape index (κ2) is 8.76. The third-order valence-electron chi connectivity index (χ3n) is 7.83. The van der Waals surface area contributed by atoms with Crippen LogP contribution in [-0.2, 0) is 11.4 Å². The molecule has 1 aromatic heterocycles. The van der Waals surface area contributed by atoms with E-state index < -0.39 is 69.0 Å². The highest BCUT2D eigenvalue weighted by atomic mass is 35.5. The first-order chi connectivity index (χ1) is 17.4. The molecule has 2 saturated heterocycles. The van der Waals surface area contributed by atoms with Crippen molar-refractivity contribution in [2.24, 2.45) is 5.73 Å². The summed E-state index contributed by atoms with van der Waals surface area (Å²) in [5.41, 5.74) is 2.08. The Kier molecular flexibility index (Phi) is 6.06. The van der Waals surface area contributed by atoms with Gasteiger partial charge in [-0.1, -0.05) is 17.7 Å². The maximum atomic E-state index is 14.7. The quantitative estimate of drug-likeness (QED) is 0.506. The summed E-state index contributed by atoms with van der Waals surface area (Å²) in [6.07, 6.45) is 0.581. The van der Waals surface area contributed by atoms with Crippen LogP contribution in [0.25, 0.3) is 0 Å². The first-order valence-corrected chi connectivity index (χ1v) is 12.1. The fourth-order valence-corrected chi connectivity index (χ4v) is 5.86. The molecule has 1 spiro atoms. The van der Waals surface area contributed by atoms with Crippen molar-refractivity contribution in [3.05, 3.63) is 62.0 Å². The Hall–Kier alpha value is -3.06. The molecule has 1 unspecified atom stereocenters. The number of aliphatic hydroxyl groups excluding tert-OH is 1. The number of amides is 2. The molecule has 2 fully saturated rings. The molecule has 2 amide bonds. The van der Waals surface area contributed by atoms with Crippen LogP contribution in [0.2, 0.25) is 5.02 Å². The molecule has 5 atom stereocenters. The van der Waals surface area contributed by atoms with Gasteiger partial charge >= 0.3 is 0 Å². The summed E-state index contributed by atoms with van der Waals surface area (Å²) in [4.78, 5) is 45.7. The smallest absolute Gasteiger partial charge is 0.274 e. The van der Waals surface area contributed by atoms with Crippen molar-refractivity contribution in [2.75, 3.05) is 6.54 Å². The zero-order chi connectivity index (χ0) is 27.0. The van der Waals surface area contributed by atoms with E-state index in [1.54, 1.807) is 13.8 Å². The maximum Gasteiger partial charge on any atom is 0.274 e. The Morgan fingerprint density at radius 2 is 2.00 bits per heavy atom. The summed E-state index contributed by atoms with van der Waals surface area (Å²) >= 11 is 5.73. The predicted molar refractivity (Wildman–Crippen MR) is 126 cm³/mol. The van der Waals surface area contributed by atoms with Gasteiger partial charge in [-0.3, -0.25) is 19.2 Å². The average Bonchev–Trinajstić information content (AvgIpc) is 3.01. The Morgan fingerprint density at radius 1 is 1.30 bits per heavy atom. The molecule has 37 heavy (non-hydrogen) atoms. The number of hydrogen-bond acceptors (Lipinski definition) is 7. The van der Waals surface area contributed by atoms with E-state index in [2.05, 4.69) is 0 Å². The number of halogens is 3. The molecule has 4 heterocycles. The monoisotopic (exact) mass is 538 g/mol. The largest absolute Gasteiger partial charge is 0.503 e. The van der Waals surface area contributed by atoms with E-state index in [4.69, 9.17) is 22.2 Å². The lowest BCUT2D eigenvalue weighted by atomic mass is 9.81. The predicted octanol–water partition coefficient (Wildman–Crippen LogP) is 1.70. The maximum absolute atomic E-state index is 14.7. The molecule has 2 aromatic rings. The number of benzene rings is 1. The van der Waals surface area contributed by atoms with E-state index in [9.17, 15) is 33.4 Å². The minimum atomic E-state index is -1.39. The zero-order valence-electron chi connectivity index (χ0n) is 20.0. The Labute approximate surface area is 214 Å². The Bertz CT molecular complexity index is 1390. The van der Waals surface area contributed by atoms with Crippen LogP contribution in [0.15, 0.2) is 23.1 Å². The first kappa shape index (κ1) is 25.6. The number of primary amides is 1. The Balaban J connectivity index is 1.63. The summed E-state index contributed by atoms with van der Waals surface area (Å²) in [6.45, 7) is 3.34. The summed E-state index contributed by atoms with van der Waals surface area (Å²) in [5, 5.41) is 22.9. The first-order valence-electron chi connectivity index (χ1n) is 11.7. The van der Waals surface area contributed by atoms with Gasteiger partial charge in [0.15, 0.2) is 11.4 Å². The van der Waals surface area contributed by atoms with Gasteiger partial charge < -0.3 is 25.4 Å². The Morgan fingerprint density at radius 3 is 2.68 bits per heavy atom. The normalized spacial score (nSPS) is 29.5. The zero-order valence-corrected chi connectivity index (χ0v) is 20.7. The summed E-state index contributed by atoms with van der Waals surface area (Å²) in [6, 6.07) is 0.402. The number of carbonyl (C=O) groups is 2. The van der Waals surface area contributed by atoms with Crippen molar-refractivity contribution >= 4 is 23.4 Å². The van der Waals surface area contributed by atoms with Crippen LogP contribution in [-0.4, -0.2) is 66.9 Å². The van der Waals surface area contributed by atoms with E-state index in [-0.39, 0.29) is 36.8 Å². The number of carbonyl (C=O) groups excluding carboxylic acids is 2. The van der Waals surface area contributed by atoms with Gasteiger partial charge in [-0.05, 0) is 32.8 Å². The third kappa shape index (κ3) is 3.65. The number of aliphatic hydroxyl groups is 1. The van der Waals surface area contributed by atoms with Crippen molar-refractivity contribution in [1.29, 1.82) is 0 Å². The van der Waals surface area contributed by atoms with Crippen molar-refractivity contribution in [3.63, 3.8) is 0 Å². The minimum Gasteiger partial charge on any atom is -0.503 e. The van der Waals surface area contributed by atoms with E-state index >= 15 is 0 Å². The molecule has 1 aromatic carbocycles. The molecule has 0 saturated carbocycles. The van der Waals surface area contributed by atoms with Crippen LogP contribution in [0.4, 0.5) is 8.78 Å². The molecular weight excluding hydrogens is 514 g/mol. The summed E-state index contributed by atoms with van der Waals surface area (Å²) in [7, 11) is 0. The lowest BCUT2D eigenvalue weighted by Crippen LogP contribution is -2.56. The number of rotatable bonds is 3. The van der Waals surface area contributed by atoms with Gasteiger partial charge in [0.2, 0.25) is 5.43 Å². The molecule has 5 rings (SSSR count). The van der Waals surface area contributed by atoms with Crippen LogP contribution in [0.3, 0.4) is 0 Å². The van der Waals surface area contributed by atoms with Gasteiger partial charge in [-0.25, -0.2) is 8.78 Å². The standard InChI is InChI=1S/C24H25ClF2N4O6/c1-10-5-6-24(21(34)11(2)31(37-24)7-12-3-4-14(26)16(25)17(12)27)15-9-29(10)23(36)18-20(33)19(32)13(22(28)35)8-30(15)18/h3-4,8,10-11,15,21,33-34H,5-7,9H2,1-2H3,(H2,28,35)/t10-,11?,15+,21-,24+/m0/s1. The van der Waals surface area contributed by atoms with E-state index in [1.807, 2.05) is 0 Å². The molecule has 2 bridgehead atoms. The van der Waals surface area contributed by atoms with Crippen molar-refractivity contribution in [3.8, 4) is 5.75 Å². The fraction of sp³-hybridized carbons (Fsp3) is 0.458. The molecular formula is C24H25ClF2N4O6. The van der Waals surface area contributed by atoms with Crippen molar-refractivity contribution in [2.45, 2.75) is 63.1 Å². The lowest BCUT2D eigenvalue weighted by molar-refractivity contribution is -0.232. The number of hydroxylamine groups is 2. The molecule has 198 valence electrons. The highest BCUT2D eigenvalue weighted by Crippen LogP contribution is 2.49. The minimum absolute atomic E-state index is 0.0435. The fourth-order valence-electron chi connectivity index (χ4n) is 5.68. The van der Waals surface area contributed by atoms with Crippen LogP contribution >= 0.6 is 11.6 Å². The number of aromatic hydroxyl groups is 1. The van der Waals surface area contributed by atoms with Gasteiger partial charge in [0, 0.05) is 24.3 Å². The van der Waals surface area contributed by atoms with Crippen LogP contribution in [0.5, 0.6) is 5.75 Å². The van der Waals surface area contributed by atoms with E-state index in [0.29, 0.717) is 6.42 Å². The SMILES string of the molecule is CC1[C@H](O)[C@]2(CC[C@H](C)N3C[C@H]2n2cc(C(N)=O)c(=O)c(O)c2C3=O)ON1Cc1ccc(F)c(Cl)c1F. The number of nitrogens with two attached hydrogens (primary N) is 1. The molecule has 0 aliphatic carbocycles. The van der Waals surface area contributed by atoms with Gasteiger partial charge in [-0.15, -0.1) is 0 Å². The van der Waals surface area contributed by atoms with Crippen molar-refractivity contribution in [1.82, 2.24) is 14.5 Å².